The molecule has 5 heteroatoms. The van der Waals surface area contributed by atoms with E-state index in [4.69, 9.17) is 0 Å². The predicted octanol–water partition coefficient (Wildman–Crippen LogP) is 4.15. The van der Waals surface area contributed by atoms with Gasteiger partial charge in [0.05, 0.1) is 14.0 Å². The van der Waals surface area contributed by atoms with Crippen LogP contribution in [0.3, 0.4) is 0 Å². The number of aromatic nitrogens is 1. The third-order valence-corrected chi connectivity index (χ3v) is 4.48. The van der Waals surface area contributed by atoms with Crippen LogP contribution in [0, 0.1) is 2.88 Å². The molecule has 0 unspecified atom stereocenters. The van der Waals surface area contributed by atoms with E-state index in [1.807, 2.05) is 41.8 Å². The minimum absolute atomic E-state index is 0.0811. The molecule has 0 aliphatic carbocycles. The van der Waals surface area contributed by atoms with Gasteiger partial charge in [-0.15, -0.1) is 11.3 Å². The van der Waals surface area contributed by atoms with Crippen molar-refractivity contribution in [3.05, 3.63) is 56.4 Å². The number of rotatable bonds is 2. The van der Waals surface area contributed by atoms with Crippen molar-refractivity contribution in [2.24, 2.45) is 0 Å². The van der Waals surface area contributed by atoms with E-state index in [1.165, 1.54) is 0 Å². The largest absolute Gasteiger partial charge is 0.322 e. The van der Waals surface area contributed by atoms with Crippen LogP contribution in [0.5, 0.6) is 0 Å². The number of benzene rings is 1. The zero-order valence-corrected chi connectivity index (χ0v) is 12.7. The van der Waals surface area contributed by atoms with E-state index >= 15 is 0 Å². The van der Waals surface area contributed by atoms with Gasteiger partial charge in [-0.05, 0) is 52.9 Å². The van der Waals surface area contributed by atoms with Crippen LogP contribution in [0.15, 0.2) is 48.0 Å². The Kier molecular flexibility index (Phi) is 3.48. The van der Waals surface area contributed by atoms with Gasteiger partial charge < -0.3 is 5.32 Å². The summed E-state index contributed by atoms with van der Waals surface area (Å²) in [6, 6.07) is 11.4. The fourth-order valence-electron chi connectivity index (χ4n) is 1.79. The standard InChI is InChI=1S/C14H9IN2OS/c15-13-7-10(8-19-13)14(18)17-11-3-4-12-9(6-11)2-1-5-16-12/h1-8H,(H,17,18). The number of anilines is 1. The molecule has 0 saturated carbocycles. The molecule has 3 rings (SSSR count). The smallest absolute Gasteiger partial charge is 0.256 e. The number of thiophene rings is 1. The number of nitrogens with one attached hydrogen (secondary N) is 1. The Bertz CT molecular complexity index is 754. The summed E-state index contributed by atoms with van der Waals surface area (Å²) < 4.78 is 1.10. The van der Waals surface area contributed by atoms with Gasteiger partial charge in [-0.2, -0.15) is 0 Å². The first-order valence-electron chi connectivity index (χ1n) is 5.62. The normalized spacial score (nSPS) is 10.6. The molecule has 2 aromatic heterocycles. The predicted molar refractivity (Wildman–Crippen MR) is 86.7 cm³/mol. The number of hydrogen-bond donors (Lipinski definition) is 1. The molecule has 3 nitrogen and oxygen atoms in total. The van der Waals surface area contributed by atoms with E-state index in [-0.39, 0.29) is 5.91 Å². The summed E-state index contributed by atoms with van der Waals surface area (Å²) in [5.41, 5.74) is 2.40. The minimum Gasteiger partial charge on any atom is -0.322 e. The van der Waals surface area contributed by atoms with Crippen molar-refractivity contribution in [1.82, 2.24) is 4.98 Å². The van der Waals surface area contributed by atoms with Crippen LogP contribution in [-0.4, -0.2) is 10.9 Å². The van der Waals surface area contributed by atoms with Crippen LogP contribution >= 0.6 is 33.9 Å². The highest BCUT2D eigenvalue weighted by Crippen LogP contribution is 2.20. The molecule has 3 aromatic rings. The molecule has 1 amide bonds. The molecule has 0 spiro atoms. The number of amides is 1. The van der Waals surface area contributed by atoms with Gasteiger partial charge >= 0.3 is 0 Å². The lowest BCUT2D eigenvalue weighted by molar-refractivity contribution is 0.102. The highest BCUT2D eigenvalue weighted by atomic mass is 127. The first-order chi connectivity index (χ1) is 9.22. The van der Waals surface area contributed by atoms with Crippen molar-refractivity contribution in [1.29, 1.82) is 0 Å². The lowest BCUT2D eigenvalue weighted by Crippen LogP contribution is -2.10. The highest BCUT2D eigenvalue weighted by molar-refractivity contribution is 14.1. The quantitative estimate of drug-likeness (QED) is 0.679. The third-order valence-electron chi connectivity index (χ3n) is 2.69. The number of pyridine rings is 1. The molecular formula is C14H9IN2OS. The number of carbonyl (C=O) groups is 1. The van der Waals surface area contributed by atoms with Gasteiger partial charge in [0.2, 0.25) is 0 Å². The van der Waals surface area contributed by atoms with Crippen LogP contribution in [0.4, 0.5) is 5.69 Å². The average molecular weight is 380 g/mol. The molecule has 1 N–H and O–H groups in total. The topological polar surface area (TPSA) is 42.0 Å². The van der Waals surface area contributed by atoms with Crippen molar-refractivity contribution >= 4 is 56.4 Å². The number of halogens is 1. The molecule has 94 valence electrons. The maximum absolute atomic E-state index is 12.0. The van der Waals surface area contributed by atoms with E-state index in [1.54, 1.807) is 17.5 Å². The van der Waals surface area contributed by atoms with E-state index in [0.29, 0.717) is 5.56 Å². The van der Waals surface area contributed by atoms with E-state index in [9.17, 15) is 4.79 Å². The summed E-state index contributed by atoms with van der Waals surface area (Å²) in [5, 5.41) is 5.78. The van der Waals surface area contributed by atoms with Crippen molar-refractivity contribution in [3.63, 3.8) is 0 Å². The fraction of sp³-hybridized carbons (Fsp3) is 0. The van der Waals surface area contributed by atoms with Gasteiger partial charge in [0.25, 0.3) is 5.91 Å². The van der Waals surface area contributed by atoms with Gasteiger partial charge in [0.1, 0.15) is 0 Å². The van der Waals surface area contributed by atoms with Gasteiger partial charge in [-0.3, -0.25) is 9.78 Å². The Morgan fingerprint density at radius 2 is 2.16 bits per heavy atom. The molecule has 0 aliphatic rings. The Balaban J connectivity index is 1.87. The zero-order chi connectivity index (χ0) is 13.2. The molecule has 0 fully saturated rings. The molecule has 0 radical (unpaired) electrons. The Hall–Kier alpha value is -1.47. The molecule has 19 heavy (non-hydrogen) atoms. The maximum Gasteiger partial charge on any atom is 0.256 e. The van der Waals surface area contributed by atoms with E-state index in [0.717, 1.165) is 19.5 Å². The number of carbonyl (C=O) groups excluding carboxylic acids is 1. The van der Waals surface area contributed by atoms with E-state index < -0.39 is 0 Å². The number of fused-ring (bicyclic) bond motifs is 1. The second kappa shape index (κ2) is 5.26. The average Bonchev–Trinajstić information content (AvgIpc) is 2.85. The Morgan fingerprint density at radius 1 is 1.26 bits per heavy atom. The maximum atomic E-state index is 12.0. The molecule has 2 heterocycles. The summed E-state index contributed by atoms with van der Waals surface area (Å²) in [6.07, 6.45) is 1.76. The van der Waals surface area contributed by atoms with Crippen molar-refractivity contribution in [2.45, 2.75) is 0 Å². The Morgan fingerprint density at radius 3 is 2.95 bits per heavy atom. The molecule has 0 bridgehead atoms. The summed E-state index contributed by atoms with van der Waals surface area (Å²) >= 11 is 3.77. The van der Waals surface area contributed by atoms with Crippen molar-refractivity contribution in [3.8, 4) is 0 Å². The van der Waals surface area contributed by atoms with Crippen LogP contribution in [0.1, 0.15) is 10.4 Å². The van der Waals surface area contributed by atoms with Crippen LogP contribution < -0.4 is 5.32 Å². The second-order valence-corrected chi connectivity index (χ2v) is 6.81. The van der Waals surface area contributed by atoms with Gasteiger partial charge in [-0.1, -0.05) is 6.07 Å². The lowest BCUT2D eigenvalue weighted by atomic mass is 10.2. The van der Waals surface area contributed by atoms with Gasteiger partial charge in [0.15, 0.2) is 0 Å². The highest BCUT2D eigenvalue weighted by Gasteiger charge is 2.08. The summed E-state index contributed by atoms with van der Waals surface area (Å²) in [6.45, 7) is 0. The summed E-state index contributed by atoms with van der Waals surface area (Å²) in [4.78, 5) is 16.3. The first-order valence-corrected chi connectivity index (χ1v) is 7.58. The number of nitrogens with zero attached hydrogens (tertiary/aromatic N) is 1. The Labute approximate surface area is 127 Å². The van der Waals surface area contributed by atoms with E-state index in [2.05, 4.69) is 32.9 Å². The SMILES string of the molecule is O=C(Nc1ccc2ncccc2c1)c1csc(I)c1. The molecule has 0 saturated heterocycles. The lowest BCUT2D eigenvalue weighted by Gasteiger charge is -2.05. The van der Waals surface area contributed by atoms with Crippen LogP contribution in [0.2, 0.25) is 0 Å². The van der Waals surface area contributed by atoms with Crippen molar-refractivity contribution in [2.75, 3.05) is 5.32 Å². The molecule has 0 aliphatic heterocycles. The summed E-state index contributed by atoms with van der Waals surface area (Å²) in [5.74, 6) is -0.0811. The third kappa shape index (κ3) is 2.76. The minimum atomic E-state index is -0.0811. The molecule has 0 atom stereocenters. The first kappa shape index (κ1) is 12.6. The van der Waals surface area contributed by atoms with Crippen LogP contribution in [0.25, 0.3) is 10.9 Å². The second-order valence-electron chi connectivity index (χ2n) is 4.00. The number of hydrogen-bond acceptors (Lipinski definition) is 3. The zero-order valence-electron chi connectivity index (χ0n) is 9.76. The monoisotopic (exact) mass is 380 g/mol. The van der Waals surface area contributed by atoms with Gasteiger partial charge in [0, 0.05) is 22.7 Å². The molecule has 1 aromatic carbocycles. The summed E-state index contributed by atoms with van der Waals surface area (Å²) in [7, 11) is 0. The molecular weight excluding hydrogens is 371 g/mol. The van der Waals surface area contributed by atoms with Crippen molar-refractivity contribution < 1.29 is 4.79 Å². The van der Waals surface area contributed by atoms with Gasteiger partial charge in [-0.25, -0.2) is 0 Å². The van der Waals surface area contributed by atoms with Crippen LogP contribution in [-0.2, 0) is 0 Å². The fourth-order valence-corrected chi connectivity index (χ4v) is 3.11.